The summed E-state index contributed by atoms with van der Waals surface area (Å²) in [5.74, 6) is 0.0825. The molecule has 0 aromatic heterocycles. The van der Waals surface area contributed by atoms with E-state index in [1.807, 2.05) is 0 Å². The highest BCUT2D eigenvalue weighted by atomic mass is 79.9. The van der Waals surface area contributed by atoms with Crippen molar-refractivity contribution < 1.29 is 13.2 Å². The van der Waals surface area contributed by atoms with Crippen molar-refractivity contribution in [2.24, 2.45) is 0 Å². The first-order chi connectivity index (χ1) is 13.4. The fourth-order valence-electron chi connectivity index (χ4n) is 3.31. The van der Waals surface area contributed by atoms with Crippen LogP contribution in [0.1, 0.15) is 24.5 Å². The third-order valence-corrected chi connectivity index (χ3v) is 7.47. The van der Waals surface area contributed by atoms with Crippen LogP contribution in [-0.2, 0) is 27.7 Å². The van der Waals surface area contributed by atoms with E-state index >= 15 is 0 Å². The molecule has 1 aliphatic heterocycles. The van der Waals surface area contributed by atoms with E-state index in [1.165, 1.54) is 9.87 Å². The molecule has 0 atom stereocenters. The molecule has 1 amide bonds. The normalized spacial score (nSPS) is 15.6. The van der Waals surface area contributed by atoms with Crippen LogP contribution >= 0.6 is 15.9 Å². The minimum Gasteiger partial charge on any atom is -0.340 e. The highest BCUT2D eigenvalue weighted by molar-refractivity contribution is 9.10. The predicted octanol–water partition coefficient (Wildman–Crippen LogP) is 3.48. The summed E-state index contributed by atoms with van der Waals surface area (Å²) in [6.45, 7) is 3.63. The van der Waals surface area contributed by atoms with Gasteiger partial charge in [0.15, 0.2) is 0 Å². The van der Waals surface area contributed by atoms with Gasteiger partial charge in [-0.25, -0.2) is 8.42 Å². The second kappa shape index (κ2) is 9.20. The lowest BCUT2D eigenvalue weighted by molar-refractivity contribution is -0.132. The van der Waals surface area contributed by atoms with E-state index in [1.54, 1.807) is 29.2 Å². The first-order valence-corrected chi connectivity index (χ1v) is 11.7. The van der Waals surface area contributed by atoms with E-state index in [2.05, 4.69) is 47.1 Å². The zero-order chi connectivity index (χ0) is 20.1. The molecule has 1 aliphatic rings. The number of amides is 1. The van der Waals surface area contributed by atoms with Gasteiger partial charge in [-0.3, -0.25) is 4.79 Å². The number of hydrogen-bond acceptors (Lipinski definition) is 3. The third-order valence-electron chi connectivity index (χ3n) is 5.08. The van der Waals surface area contributed by atoms with Crippen molar-refractivity contribution in [3.8, 4) is 0 Å². The topological polar surface area (TPSA) is 57.7 Å². The van der Waals surface area contributed by atoms with Crippen molar-refractivity contribution in [3.63, 3.8) is 0 Å². The van der Waals surface area contributed by atoms with E-state index in [0.717, 1.165) is 16.5 Å². The lowest BCUT2D eigenvalue weighted by Gasteiger charge is -2.34. The zero-order valence-corrected chi connectivity index (χ0v) is 18.4. The number of hydrogen-bond donors (Lipinski definition) is 0. The summed E-state index contributed by atoms with van der Waals surface area (Å²) in [6, 6.07) is 15.1. The third kappa shape index (κ3) is 5.01. The van der Waals surface area contributed by atoms with Crippen LogP contribution in [0.5, 0.6) is 0 Å². The summed E-state index contributed by atoms with van der Waals surface area (Å²) in [5, 5.41) is 0. The predicted molar refractivity (Wildman–Crippen MR) is 114 cm³/mol. The Hall–Kier alpha value is -1.70. The van der Waals surface area contributed by atoms with Crippen molar-refractivity contribution in [1.29, 1.82) is 0 Å². The summed E-state index contributed by atoms with van der Waals surface area (Å²) in [6.07, 6.45) is 2.16. The van der Waals surface area contributed by atoms with E-state index in [4.69, 9.17) is 0 Å². The highest BCUT2D eigenvalue weighted by Gasteiger charge is 2.30. The molecular formula is C21H25BrN2O3S. The van der Waals surface area contributed by atoms with Crippen LogP contribution in [0, 0.1) is 0 Å². The van der Waals surface area contributed by atoms with Crippen molar-refractivity contribution >= 4 is 31.9 Å². The average Bonchev–Trinajstić information content (AvgIpc) is 2.72. The van der Waals surface area contributed by atoms with Gasteiger partial charge < -0.3 is 4.90 Å². The van der Waals surface area contributed by atoms with Crippen molar-refractivity contribution in [3.05, 3.63) is 64.1 Å². The summed E-state index contributed by atoms with van der Waals surface area (Å²) < 4.78 is 27.8. The van der Waals surface area contributed by atoms with Crippen LogP contribution in [0.2, 0.25) is 0 Å². The van der Waals surface area contributed by atoms with E-state index in [9.17, 15) is 13.2 Å². The summed E-state index contributed by atoms with van der Waals surface area (Å²) in [4.78, 5) is 14.6. The fourth-order valence-corrected chi connectivity index (χ4v) is 5.32. The lowest BCUT2D eigenvalue weighted by atomic mass is 10.1. The highest BCUT2D eigenvalue weighted by Crippen LogP contribution is 2.21. The molecule has 7 heteroatoms. The number of piperazine rings is 1. The molecular weight excluding hydrogens is 440 g/mol. The van der Waals surface area contributed by atoms with Crippen LogP contribution in [0.4, 0.5) is 0 Å². The van der Waals surface area contributed by atoms with Gasteiger partial charge in [0.1, 0.15) is 0 Å². The van der Waals surface area contributed by atoms with Gasteiger partial charge in [0.2, 0.25) is 15.9 Å². The first kappa shape index (κ1) is 21.0. The van der Waals surface area contributed by atoms with Gasteiger partial charge in [0.05, 0.1) is 4.90 Å². The van der Waals surface area contributed by atoms with Gasteiger partial charge in [-0.1, -0.05) is 53.2 Å². The van der Waals surface area contributed by atoms with Gasteiger partial charge in [-0.15, -0.1) is 0 Å². The molecule has 1 fully saturated rings. The van der Waals surface area contributed by atoms with Crippen LogP contribution in [0.3, 0.4) is 0 Å². The summed E-state index contributed by atoms with van der Waals surface area (Å²) >= 11 is 3.32. The molecule has 28 heavy (non-hydrogen) atoms. The monoisotopic (exact) mass is 464 g/mol. The number of aryl methyl sites for hydroxylation is 2. The number of sulfonamides is 1. The molecule has 1 heterocycles. The second-order valence-corrected chi connectivity index (χ2v) is 9.77. The van der Waals surface area contributed by atoms with Gasteiger partial charge >= 0.3 is 0 Å². The van der Waals surface area contributed by atoms with Crippen molar-refractivity contribution in [1.82, 2.24) is 9.21 Å². The van der Waals surface area contributed by atoms with Crippen molar-refractivity contribution in [2.75, 3.05) is 26.2 Å². The van der Waals surface area contributed by atoms with Gasteiger partial charge in [-0.2, -0.15) is 4.31 Å². The number of carbonyl (C=O) groups excluding carboxylic acids is 1. The number of halogens is 1. The Balaban J connectivity index is 1.53. The lowest BCUT2D eigenvalue weighted by Crippen LogP contribution is -2.50. The average molecular weight is 465 g/mol. The molecule has 0 aliphatic carbocycles. The molecule has 2 aromatic rings. The SMILES string of the molecule is CCc1ccc(CCC(=O)N2CCN(S(=O)(=O)c3cccc(Br)c3)CC2)cc1. The Morgan fingerprint density at radius 2 is 1.64 bits per heavy atom. The second-order valence-electron chi connectivity index (χ2n) is 6.91. The number of benzene rings is 2. The van der Waals surface area contributed by atoms with Crippen LogP contribution in [0.25, 0.3) is 0 Å². The maximum atomic E-state index is 12.8. The van der Waals surface area contributed by atoms with E-state index in [0.29, 0.717) is 39.0 Å². The maximum absolute atomic E-state index is 12.8. The molecule has 1 saturated heterocycles. The van der Waals surface area contributed by atoms with E-state index < -0.39 is 10.0 Å². The Kier molecular flexibility index (Phi) is 6.91. The van der Waals surface area contributed by atoms with Crippen LogP contribution in [-0.4, -0.2) is 49.7 Å². The largest absolute Gasteiger partial charge is 0.340 e. The first-order valence-electron chi connectivity index (χ1n) is 9.51. The standard InChI is InChI=1S/C21H25BrN2O3S/c1-2-17-6-8-18(9-7-17)10-11-21(25)23-12-14-24(15-13-23)28(26,27)20-5-3-4-19(22)16-20/h3-9,16H,2,10-15H2,1H3. The molecule has 5 nitrogen and oxygen atoms in total. The molecule has 0 radical (unpaired) electrons. The van der Waals surface area contributed by atoms with Gasteiger partial charge in [0, 0.05) is 37.1 Å². The minimum absolute atomic E-state index is 0.0825. The molecule has 3 rings (SSSR count). The fraction of sp³-hybridized carbons (Fsp3) is 0.381. The molecule has 150 valence electrons. The van der Waals surface area contributed by atoms with Crippen LogP contribution in [0.15, 0.2) is 57.9 Å². The Labute approximate surface area is 175 Å². The van der Waals surface area contributed by atoms with Gasteiger partial charge in [0.25, 0.3) is 0 Å². The summed E-state index contributed by atoms with van der Waals surface area (Å²) in [5.41, 5.74) is 2.44. The molecule has 2 aromatic carbocycles. The smallest absolute Gasteiger partial charge is 0.243 e. The molecule has 0 bridgehead atoms. The Bertz CT molecular complexity index is 921. The number of carbonyl (C=O) groups is 1. The summed E-state index contributed by atoms with van der Waals surface area (Å²) in [7, 11) is -3.53. The molecule has 0 N–H and O–H groups in total. The Morgan fingerprint density at radius 1 is 1.00 bits per heavy atom. The minimum atomic E-state index is -3.53. The Morgan fingerprint density at radius 3 is 2.25 bits per heavy atom. The molecule has 0 saturated carbocycles. The molecule has 0 spiro atoms. The maximum Gasteiger partial charge on any atom is 0.243 e. The van der Waals surface area contributed by atoms with E-state index in [-0.39, 0.29) is 10.8 Å². The van der Waals surface area contributed by atoms with Crippen LogP contribution < -0.4 is 0 Å². The molecule has 0 unspecified atom stereocenters. The quantitative estimate of drug-likeness (QED) is 0.657. The van der Waals surface area contributed by atoms with Crippen molar-refractivity contribution in [2.45, 2.75) is 31.1 Å². The van der Waals surface area contributed by atoms with Gasteiger partial charge in [-0.05, 0) is 42.2 Å². The zero-order valence-electron chi connectivity index (χ0n) is 16.0. The number of rotatable bonds is 6. The number of nitrogens with zero attached hydrogens (tertiary/aromatic N) is 2.